The van der Waals surface area contributed by atoms with Gasteiger partial charge in [0.25, 0.3) is 0 Å². The van der Waals surface area contributed by atoms with E-state index in [1.807, 2.05) is 13.8 Å². The van der Waals surface area contributed by atoms with Gasteiger partial charge in [0.15, 0.2) is 5.96 Å². The zero-order valence-corrected chi connectivity index (χ0v) is 8.96. The lowest BCUT2D eigenvalue weighted by atomic mass is 9.97. The molecule has 14 heavy (non-hydrogen) atoms. The third kappa shape index (κ3) is 5.77. The summed E-state index contributed by atoms with van der Waals surface area (Å²) < 4.78 is 0. The van der Waals surface area contributed by atoms with E-state index < -0.39 is 6.10 Å². The Hall–Kier alpha value is -0.810. The SMILES string of the molecule is CC(C)C(O)[C@H](N)CCCNC(=N)N. The van der Waals surface area contributed by atoms with Crippen molar-refractivity contribution in [1.82, 2.24) is 5.32 Å². The summed E-state index contributed by atoms with van der Waals surface area (Å²) in [7, 11) is 0. The molecule has 0 radical (unpaired) electrons. The van der Waals surface area contributed by atoms with Gasteiger partial charge in [-0.15, -0.1) is 0 Å². The maximum absolute atomic E-state index is 9.59. The number of rotatable bonds is 6. The molecule has 0 bridgehead atoms. The molecule has 0 aromatic rings. The van der Waals surface area contributed by atoms with Crippen molar-refractivity contribution < 1.29 is 5.11 Å². The van der Waals surface area contributed by atoms with Crippen LogP contribution in [0.4, 0.5) is 0 Å². The van der Waals surface area contributed by atoms with Crippen molar-refractivity contribution in [3.05, 3.63) is 0 Å². The number of aliphatic hydroxyl groups excluding tert-OH is 1. The van der Waals surface area contributed by atoms with Crippen molar-refractivity contribution in [2.24, 2.45) is 17.4 Å². The highest BCUT2D eigenvalue weighted by Gasteiger charge is 2.17. The van der Waals surface area contributed by atoms with E-state index in [0.717, 1.165) is 12.8 Å². The Balaban J connectivity index is 3.53. The van der Waals surface area contributed by atoms with Crippen LogP contribution in [-0.4, -0.2) is 29.8 Å². The molecule has 1 unspecified atom stereocenters. The van der Waals surface area contributed by atoms with Gasteiger partial charge in [-0.3, -0.25) is 5.41 Å². The third-order valence-electron chi connectivity index (χ3n) is 2.15. The fourth-order valence-corrected chi connectivity index (χ4v) is 1.23. The van der Waals surface area contributed by atoms with Gasteiger partial charge in [-0.2, -0.15) is 0 Å². The second-order valence-corrected chi connectivity index (χ2v) is 3.88. The van der Waals surface area contributed by atoms with Gasteiger partial charge >= 0.3 is 0 Å². The van der Waals surface area contributed by atoms with Gasteiger partial charge < -0.3 is 21.9 Å². The third-order valence-corrected chi connectivity index (χ3v) is 2.15. The monoisotopic (exact) mass is 202 g/mol. The molecular formula is C9H22N4O. The summed E-state index contributed by atoms with van der Waals surface area (Å²) in [6, 6.07) is -0.191. The van der Waals surface area contributed by atoms with Crippen molar-refractivity contribution in [2.75, 3.05) is 6.54 Å². The van der Waals surface area contributed by atoms with Crippen LogP contribution in [0.5, 0.6) is 0 Å². The van der Waals surface area contributed by atoms with Crippen LogP contribution in [0.15, 0.2) is 0 Å². The van der Waals surface area contributed by atoms with Crippen LogP contribution in [-0.2, 0) is 0 Å². The van der Waals surface area contributed by atoms with E-state index in [2.05, 4.69) is 5.32 Å². The number of hydrogen-bond acceptors (Lipinski definition) is 3. The Kier molecular flexibility index (Phi) is 6.23. The minimum absolute atomic E-state index is 0.0250. The van der Waals surface area contributed by atoms with Gasteiger partial charge in [-0.1, -0.05) is 13.8 Å². The first-order valence-corrected chi connectivity index (χ1v) is 4.96. The molecule has 2 atom stereocenters. The van der Waals surface area contributed by atoms with Crippen LogP contribution in [0.1, 0.15) is 26.7 Å². The summed E-state index contributed by atoms with van der Waals surface area (Å²) in [5.74, 6) is 0.161. The van der Waals surface area contributed by atoms with Crippen molar-refractivity contribution >= 4 is 5.96 Å². The largest absolute Gasteiger partial charge is 0.391 e. The van der Waals surface area contributed by atoms with Crippen LogP contribution >= 0.6 is 0 Å². The molecule has 0 aliphatic carbocycles. The van der Waals surface area contributed by atoms with Crippen LogP contribution in [0.25, 0.3) is 0 Å². The number of hydrogen-bond donors (Lipinski definition) is 5. The van der Waals surface area contributed by atoms with Crippen molar-refractivity contribution in [3.8, 4) is 0 Å². The van der Waals surface area contributed by atoms with Gasteiger partial charge in [-0.25, -0.2) is 0 Å². The Morgan fingerprint density at radius 1 is 1.50 bits per heavy atom. The minimum atomic E-state index is -0.452. The predicted octanol–water partition coefficient (Wildman–Crippen LogP) is -0.406. The fourth-order valence-electron chi connectivity index (χ4n) is 1.23. The normalized spacial score (nSPS) is 15.2. The summed E-state index contributed by atoms with van der Waals surface area (Å²) >= 11 is 0. The molecular weight excluding hydrogens is 180 g/mol. The molecule has 0 rings (SSSR count). The molecule has 0 fully saturated rings. The molecule has 7 N–H and O–H groups in total. The lowest BCUT2D eigenvalue weighted by Crippen LogP contribution is -2.39. The van der Waals surface area contributed by atoms with Crippen LogP contribution in [0.2, 0.25) is 0 Å². The molecule has 0 aliphatic rings. The van der Waals surface area contributed by atoms with Gasteiger partial charge in [0.1, 0.15) is 0 Å². The molecule has 0 heterocycles. The number of nitrogens with two attached hydrogens (primary N) is 2. The first-order chi connectivity index (χ1) is 6.45. The highest BCUT2D eigenvalue weighted by atomic mass is 16.3. The summed E-state index contributed by atoms with van der Waals surface area (Å²) in [6.45, 7) is 4.52. The van der Waals surface area contributed by atoms with E-state index in [-0.39, 0.29) is 17.9 Å². The van der Waals surface area contributed by atoms with E-state index in [9.17, 15) is 5.11 Å². The molecule has 0 saturated heterocycles. The molecule has 0 aromatic heterocycles. The first-order valence-electron chi connectivity index (χ1n) is 4.96. The van der Waals surface area contributed by atoms with Crippen molar-refractivity contribution in [3.63, 3.8) is 0 Å². The number of aliphatic hydroxyl groups is 1. The standard InChI is InChI=1S/C9H22N4O/c1-6(2)8(14)7(10)4-3-5-13-9(11)12/h6-8,14H,3-5,10H2,1-2H3,(H4,11,12,13)/t7-,8?/m1/s1. The Bertz CT molecular complexity index is 172. The van der Waals surface area contributed by atoms with Crippen molar-refractivity contribution in [2.45, 2.75) is 38.8 Å². The maximum atomic E-state index is 9.59. The predicted molar refractivity (Wildman–Crippen MR) is 58.0 cm³/mol. The first kappa shape index (κ1) is 13.2. The number of nitrogens with one attached hydrogen (secondary N) is 2. The molecule has 5 heteroatoms. The highest BCUT2D eigenvalue weighted by Crippen LogP contribution is 2.08. The zero-order valence-electron chi connectivity index (χ0n) is 8.96. The molecule has 5 nitrogen and oxygen atoms in total. The van der Waals surface area contributed by atoms with E-state index >= 15 is 0 Å². The second kappa shape index (κ2) is 6.62. The second-order valence-electron chi connectivity index (χ2n) is 3.88. The zero-order chi connectivity index (χ0) is 11.1. The molecule has 0 aliphatic heterocycles. The van der Waals surface area contributed by atoms with Gasteiger partial charge in [0, 0.05) is 12.6 Å². The van der Waals surface area contributed by atoms with Gasteiger partial charge in [0.05, 0.1) is 6.10 Å². The van der Waals surface area contributed by atoms with E-state index in [0.29, 0.717) is 6.54 Å². The van der Waals surface area contributed by atoms with Gasteiger partial charge in [-0.05, 0) is 18.8 Å². The average Bonchev–Trinajstić information content (AvgIpc) is 2.10. The summed E-state index contributed by atoms with van der Waals surface area (Å²) in [5.41, 5.74) is 10.9. The molecule has 0 aromatic carbocycles. The van der Waals surface area contributed by atoms with E-state index in [1.165, 1.54) is 0 Å². The summed E-state index contributed by atoms with van der Waals surface area (Å²) in [5, 5.41) is 19.2. The smallest absolute Gasteiger partial charge is 0.185 e. The maximum Gasteiger partial charge on any atom is 0.185 e. The van der Waals surface area contributed by atoms with Crippen molar-refractivity contribution in [1.29, 1.82) is 5.41 Å². The summed E-state index contributed by atoms with van der Waals surface area (Å²) in [4.78, 5) is 0. The van der Waals surface area contributed by atoms with Crippen LogP contribution in [0, 0.1) is 11.3 Å². The molecule has 0 amide bonds. The molecule has 0 spiro atoms. The molecule has 0 saturated carbocycles. The summed E-state index contributed by atoms with van der Waals surface area (Å²) in [6.07, 6.45) is 1.09. The van der Waals surface area contributed by atoms with Crippen LogP contribution < -0.4 is 16.8 Å². The Labute approximate surface area is 85.4 Å². The van der Waals surface area contributed by atoms with Gasteiger partial charge in [0.2, 0.25) is 0 Å². The fraction of sp³-hybridized carbons (Fsp3) is 0.889. The lowest BCUT2D eigenvalue weighted by molar-refractivity contribution is 0.0940. The topological polar surface area (TPSA) is 108 Å². The van der Waals surface area contributed by atoms with Crippen LogP contribution in [0.3, 0.4) is 0 Å². The minimum Gasteiger partial charge on any atom is -0.391 e. The van der Waals surface area contributed by atoms with E-state index in [4.69, 9.17) is 16.9 Å². The van der Waals surface area contributed by atoms with E-state index in [1.54, 1.807) is 0 Å². The average molecular weight is 202 g/mol. The quantitative estimate of drug-likeness (QED) is 0.229. The lowest BCUT2D eigenvalue weighted by Gasteiger charge is -2.21. The Morgan fingerprint density at radius 3 is 2.50 bits per heavy atom. The Morgan fingerprint density at radius 2 is 2.07 bits per heavy atom. The molecule has 84 valence electrons. The highest BCUT2D eigenvalue weighted by molar-refractivity contribution is 5.74. The number of guanidine groups is 1.